The topological polar surface area (TPSA) is 0 Å². The van der Waals surface area contributed by atoms with E-state index in [4.69, 9.17) is 0 Å². The summed E-state index contributed by atoms with van der Waals surface area (Å²) in [6.07, 6.45) is 13.9. The first kappa shape index (κ1) is 17.4. The van der Waals surface area contributed by atoms with Gasteiger partial charge in [0.2, 0.25) is 0 Å². The Labute approximate surface area is 115 Å². The van der Waals surface area contributed by atoms with Crippen LogP contribution in [-0.4, -0.2) is 30.7 Å². The molecule has 0 saturated carbocycles. The number of hydrogen-bond acceptors (Lipinski definition) is 0. The van der Waals surface area contributed by atoms with Gasteiger partial charge in [0, 0.05) is 0 Å². The zero-order valence-electron chi connectivity index (χ0n) is 12.8. The molecule has 1 nitrogen and oxygen atoms in total. The number of rotatable bonds is 13. The van der Waals surface area contributed by atoms with E-state index in [1.165, 1.54) is 58.0 Å². The fourth-order valence-electron chi connectivity index (χ4n) is 2.63. The van der Waals surface area contributed by atoms with Gasteiger partial charge in [-0.05, 0) is 31.9 Å². The SMILES string of the molecule is C=CC[N+](CC)(CC=C)CCCCCCCCC. The Balaban J connectivity index is 3.81. The smallest absolute Gasteiger partial charge is 0.0973 e. The lowest BCUT2D eigenvalue weighted by molar-refractivity contribution is -0.915. The van der Waals surface area contributed by atoms with Gasteiger partial charge in [-0.3, -0.25) is 0 Å². The molecule has 0 saturated heterocycles. The lowest BCUT2D eigenvalue weighted by Crippen LogP contribution is -2.48. The maximum absolute atomic E-state index is 3.90. The first-order valence-electron chi connectivity index (χ1n) is 7.81. The van der Waals surface area contributed by atoms with E-state index in [1.807, 2.05) is 0 Å². The van der Waals surface area contributed by atoms with Crippen molar-refractivity contribution in [2.24, 2.45) is 0 Å². The van der Waals surface area contributed by atoms with E-state index in [9.17, 15) is 0 Å². The molecule has 0 bridgehead atoms. The second kappa shape index (κ2) is 11.5. The zero-order chi connectivity index (χ0) is 13.7. The first-order chi connectivity index (χ1) is 8.74. The standard InChI is InChI=1S/C17H34N/c1-5-9-10-11-12-13-14-17-18(8-4,15-6-2)16-7-3/h6-7H,2-3,5,8-17H2,1,4H3/q+1. The van der Waals surface area contributed by atoms with Crippen LogP contribution in [0.4, 0.5) is 0 Å². The molecule has 0 fully saturated rings. The van der Waals surface area contributed by atoms with E-state index >= 15 is 0 Å². The van der Waals surface area contributed by atoms with Gasteiger partial charge >= 0.3 is 0 Å². The molecule has 18 heavy (non-hydrogen) atoms. The van der Waals surface area contributed by atoms with E-state index in [1.54, 1.807) is 0 Å². The normalized spacial score (nSPS) is 11.4. The average Bonchev–Trinajstić information content (AvgIpc) is 2.38. The monoisotopic (exact) mass is 252 g/mol. The molecule has 0 N–H and O–H groups in total. The molecule has 0 amide bonds. The van der Waals surface area contributed by atoms with E-state index in [-0.39, 0.29) is 0 Å². The second-order valence-electron chi connectivity index (χ2n) is 5.45. The number of unbranched alkanes of at least 4 members (excludes halogenated alkanes) is 6. The summed E-state index contributed by atoms with van der Waals surface area (Å²) in [6, 6.07) is 0. The Morgan fingerprint density at radius 1 is 0.778 bits per heavy atom. The summed E-state index contributed by atoms with van der Waals surface area (Å²) >= 11 is 0. The van der Waals surface area contributed by atoms with Crippen LogP contribution in [0.3, 0.4) is 0 Å². The molecule has 0 rings (SSSR count). The highest BCUT2D eigenvalue weighted by Crippen LogP contribution is 2.13. The molecule has 0 aromatic carbocycles. The molecule has 1 heteroatoms. The van der Waals surface area contributed by atoms with Gasteiger partial charge in [-0.1, -0.05) is 52.2 Å². The van der Waals surface area contributed by atoms with E-state index in [0.29, 0.717) is 0 Å². The summed E-state index contributed by atoms with van der Waals surface area (Å²) in [6.45, 7) is 17.0. The van der Waals surface area contributed by atoms with Crippen LogP contribution < -0.4 is 0 Å². The molecule has 0 heterocycles. The lowest BCUT2D eigenvalue weighted by atomic mass is 10.1. The van der Waals surface area contributed by atoms with Crippen molar-refractivity contribution in [2.45, 2.75) is 58.8 Å². The van der Waals surface area contributed by atoms with Crippen molar-refractivity contribution in [2.75, 3.05) is 26.2 Å². The van der Waals surface area contributed by atoms with Crippen molar-refractivity contribution in [1.82, 2.24) is 0 Å². The Bertz CT molecular complexity index is 198. The minimum Gasteiger partial charge on any atom is -0.317 e. The van der Waals surface area contributed by atoms with Crippen LogP contribution in [-0.2, 0) is 0 Å². The van der Waals surface area contributed by atoms with Gasteiger partial charge < -0.3 is 4.48 Å². The number of quaternary nitrogens is 1. The maximum atomic E-state index is 3.90. The van der Waals surface area contributed by atoms with Gasteiger partial charge in [0.15, 0.2) is 0 Å². The molecule has 0 unspecified atom stereocenters. The Morgan fingerprint density at radius 3 is 1.72 bits per heavy atom. The van der Waals surface area contributed by atoms with Gasteiger partial charge in [-0.25, -0.2) is 0 Å². The summed E-state index contributed by atoms with van der Waals surface area (Å²) in [5.41, 5.74) is 0. The van der Waals surface area contributed by atoms with Crippen molar-refractivity contribution < 1.29 is 4.48 Å². The van der Waals surface area contributed by atoms with Crippen LogP contribution in [0, 0.1) is 0 Å². The molecule has 106 valence electrons. The first-order valence-corrected chi connectivity index (χ1v) is 7.81. The molecule has 0 aromatic rings. The van der Waals surface area contributed by atoms with Crippen LogP contribution >= 0.6 is 0 Å². The third-order valence-corrected chi connectivity index (χ3v) is 3.94. The number of hydrogen-bond donors (Lipinski definition) is 0. The molecule has 0 spiro atoms. The molecule has 0 aliphatic rings. The number of nitrogens with zero attached hydrogens (tertiary/aromatic N) is 1. The molecule has 0 aliphatic carbocycles. The van der Waals surface area contributed by atoms with Crippen molar-refractivity contribution >= 4 is 0 Å². The minimum atomic E-state index is 1.08. The lowest BCUT2D eigenvalue weighted by Gasteiger charge is -2.36. The van der Waals surface area contributed by atoms with Crippen molar-refractivity contribution in [3.63, 3.8) is 0 Å². The van der Waals surface area contributed by atoms with Gasteiger partial charge in [0.25, 0.3) is 0 Å². The van der Waals surface area contributed by atoms with Crippen LogP contribution in [0.5, 0.6) is 0 Å². The average molecular weight is 252 g/mol. The number of likely N-dealkylation sites (N-methyl/N-ethyl adjacent to an activating group) is 1. The third-order valence-electron chi connectivity index (χ3n) is 3.94. The molecule has 0 aromatic heterocycles. The Morgan fingerprint density at radius 2 is 1.28 bits per heavy atom. The fourth-order valence-corrected chi connectivity index (χ4v) is 2.63. The zero-order valence-corrected chi connectivity index (χ0v) is 12.8. The largest absolute Gasteiger partial charge is 0.317 e. The van der Waals surface area contributed by atoms with E-state index in [2.05, 4.69) is 39.2 Å². The molecular formula is C17H34N+. The summed E-state index contributed by atoms with van der Waals surface area (Å²) in [4.78, 5) is 0. The van der Waals surface area contributed by atoms with Gasteiger partial charge in [0.05, 0.1) is 26.2 Å². The Kier molecular flexibility index (Phi) is 11.2. The van der Waals surface area contributed by atoms with Crippen molar-refractivity contribution in [3.8, 4) is 0 Å². The highest BCUT2D eigenvalue weighted by Gasteiger charge is 2.21. The van der Waals surface area contributed by atoms with Crippen molar-refractivity contribution in [3.05, 3.63) is 25.3 Å². The summed E-state index contributed by atoms with van der Waals surface area (Å²) in [7, 11) is 0. The fraction of sp³-hybridized carbons (Fsp3) is 0.765. The van der Waals surface area contributed by atoms with Gasteiger partial charge in [0.1, 0.15) is 0 Å². The maximum Gasteiger partial charge on any atom is 0.0973 e. The quantitative estimate of drug-likeness (QED) is 0.247. The Hall–Kier alpha value is -0.560. The van der Waals surface area contributed by atoms with Crippen LogP contribution in [0.1, 0.15) is 58.8 Å². The van der Waals surface area contributed by atoms with E-state index in [0.717, 1.165) is 17.6 Å². The van der Waals surface area contributed by atoms with Gasteiger partial charge in [-0.2, -0.15) is 0 Å². The minimum absolute atomic E-state index is 1.08. The van der Waals surface area contributed by atoms with Crippen LogP contribution in [0.2, 0.25) is 0 Å². The van der Waals surface area contributed by atoms with Gasteiger partial charge in [-0.15, -0.1) is 0 Å². The summed E-state index contributed by atoms with van der Waals surface area (Å²) < 4.78 is 1.14. The molecule has 0 aliphatic heterocycles. The highest BCUT2D eigenvalue weighted by atomic mass is 15.3. The highest BCUT2D eigenvalue weighted by molar-refractivity contribution is 4.71. The predicted octanol–water partition coefficient (Wildman–Crippen LogP) is 4.95. The molecule has 0 radical (unpaired) electrons. The summed E-state index contributed by atoms with van der Waals surface area (Å²) in [5, 5.41) is 0. The molecular weight excluding hydrogens is 218 g/mol. The summed E-state index contributed by atoms with van der Waals surface area (Å²) in [5.74, 6) is 0. The second-order valence-corrected chi connectivity index (χ2v) is 5.45. The van der Waals surface area contributed by atoms with E-state index < -0.39 is 0 Å². The molecule has 0 atom stereocenters. The van der Waals surface area contributed by atoms with Crippen LogP contribution in [0.15, 0.2) is 25.3 Å². The third kappa shape index (κ3) is 7.71. The van der Waals surface area contributed by atoms with Crippen molar-refractivity contribution in [1.29, 1.82) is 0 Å². The van der Waals surface area contributed by atoms with Crippen LogP contribution in [0.25, 0.3) is 0 Å². The predicted molar refractivity (Wildman–Crippen MR) is 83.8 cm³/mol.